The molecule has 0 fully saturated rings. The van der Waals surface area contributed by atoms with Gasteiger partial charge in [-0.15, -0.1) is 0 Å². The highest BCUT2D eigenvalue weighted by molar-refractivity contribution is 5.87. The first kappa shape index (κ1) is 14.3. The monoisotopic (exact) mass is 267 g/mol. The van der Waals surface area contributed by atoms with E-state index >= 15 is 0 Å². The Labute approximate surface area is 120 Å². The summed E-state index contributed by atoms with van der Waals surface area (Å²) in [6, 6.07) is 6.14. The minimum Gasteiger partial charge on any atom is -0.362 e. The molecule has 0 amide bonds. The third-order valence-corrected chi connectivity index (χ3v) is 3.35. The molecule has 2 heterocycles. The highest BCUT2D eigenvalue weighted by Gasteiger charge is 2.13. The van der Waals surface area contributed by atoms with Crippen LogP contribution in [0.15, 0.2) is 54.9 Å². The number of nitrogens with zero attached hydrogens (tertiary/aromatic N) is 2. The summed E-state index contributed by atoms with van der Waals surface area (Å²) in [5.41, 5.74) is 2.21. The predicted octanol–water partition coefficient (Wildman–Crippen LogP) is 4.20. The Bertz CT molecular complexity index is 624. The molecule has 0 aliphatic heterocycles. The summed E-state index contributed by atoms with van der Waals surface area (Å²) in [7, 11) is 0. The van der Waals surface area contributed by atoms with E-state index < -0.39 is 0 Å². The van der Waals surface area contributed by atoms with Gasteiger partial charge in [0, 0.05) is 23.8 Å². The molecule has 2 aromatic heterocycles. The van der Waals surface area contributed by atoms with E-state index in [9.17, 15) is 0 Å². The first-order valence-corrected chi connectivity index (χ1v) is 6.92. The molecular formula is C17H21N3. The summed E-state index contributed by atoms with van der Waals surface area (Å²) in [5.74, 6) is 1.28. The molecule has 0 radical (unpaired) electrons. The van der Waals surface area contributed by atoms with Gasteiger partial charge in [0.05, 0.1) is 0 Å². The quantitative estimate of drug-likeness (QED) is 0.825. The standard InChI is InChI=1S/C17H21N3/c1-5-7-15(12(2)3)13(4)20-17-16-14(9-11-19-17)8-6-10-18-16/h5-13H,1H2,2-4H3,(H,19,20)/b15-7+/t13-/m0/s1. The van der Waals surface area contributed by atoms with Crippen molar-refractivity contribution in [3.8, 4) is 0 Å². The first-order valence-electron chi connectivity index (χ1n) is 6.92. The third kappa shape index (κ3) is 3.05. The first-order chi connectivity index (χ1) is 9.63. The van der Waals surface area contributed by atoms with Crippen molar-refractivity contribution >= 4 is 16.7 Å². The van der Waals surface area contributed by atoms with Gasteiger partial charge in [0.25, 0.3) is 0 Å². The minimum atomic E-state index is 0.188. The molecule has 3 nitrogen and oxygen atoms in total. The van der Waals surface area contributed by atoms with Gasteiger partial charge in [0.15, 0.2) is 5.82 Å². The topological polar surface area (TPSA) is 37.8 Å². The molecule has 1 atom stereocenters. The van der Waals surface area contributed by atoms with Crippen LogP contribution in [0.2, 0.25) is 0 Å². The highest BCUT2D eigenvalue weighted by Crippen LogP contribution is 2.22. The van der Waals surface area contributed by atoms with E-state index in [1.165, 1.54) is 5.57 Å². The van der Waals surface area contributed by atoms with Crippen molar-refractivity contribution < 1.29 is 0 Å². The van der Waals surface area contributed by atoms with Crippen LogP contribution in [0.1, 0.15) is 20.8 Å². The molecule has 20 heavy (non-hydrogen) atoms. The molecule has 1 N–H and O–H groups in total. The van der Waals surface area contributed by atoms with E-state index in [2.05, 4.69) is 48.7 Å². The number of anilines is 1. The summed E-state index contributed by atoms with van der Waals surface area (Å²) in [6.07, 6.45) is 7.51. The maximum Gasteiger partial charge on any atom is 0.152 e. The molecule has 0 unspecified atom stereocenters. The highest BCUT2D eigenvalue weighted by atomic mass is 15.0. The second-order valence-corrected chi connectivity index (χ2v) is 5.16. The third-order valence-electron chi connectivity index (χ3n) is 3.35. The molecule has 2 aromatic rings. The largest absolute Gasteiger partial charge is 0.362 e. The zero-order valence-electron chi connectivity index (χ0n) is 12.3. The van der Waals surface area contributed by atoms with Gasteiger partial charge in [-0.2, -0.15) is 0 Å². The Morgan fingerprint density at radius 1 is 1.20 bits per heavy atom. The van der Waals surface area contributed by atoms with Gasteiger partial charge in [-0.25, -0.2) is 4.98 Å². The molecule has 0 saturated carbocycles. The molecule has 2 rings (SSSR count). The van der Waals surface area contributed by atoms with E-state index in [1.54, 1.807) is 6.20 Å². The number of pyridine rings is 2. The van der Waals surface area contributed by atoms with Crippen molar-refractivity contribution in [3.05, 3.63) is 54.9 Å². The number of rotatable bonds is 5. The fourth-order valence-electron chi connectivity index (χ4n) is 2.37. The van der Waals surface area contributed by atoms with Crippen molar-refractivity contribution in [2.75, 3.05) is 5.32 Å². The normalized spacial score (nSPS) is 13.5. The van der Waals surface area contributed by atoms with Crippen molar-refractivity contribution in [1.29, 1.82) is 0 Å². The van der Waals surface area contributed by atoms with E-state index in [4.69, 9.17) is 0 Å². The van der Waals surface area contributed by atoms with Crippen molar-refractivity contribution in [2.24, 2.45) is 5.92 Å². The Morgan fingerprint density at radius 2 is 2.00 bits per heavy atom. The van der Waals surface area contributed by atoms with Crippen LogP contribution in [0.25, 0.3) is 10.9 Å². The van der Waals surface area contributed by atoms with Gasteiger partial charge >= 0.3 is 0 Å². The van der Waals surface area contributed by atoms with Crippen LogP contribution in [0.3, 0.4) is 0 Å². The van der Waals surface area contributed by atoms with Gasteiger partial charge < -0.3 is 5.32 Å². The summed E-state index contributed by atoms with van der Waals surface area (Å²) in [5, 5.41) is 4.55. The zero-order valence-corrected chi connectivity index (χ0v) is 12.3. The van der Waals surface area contributed by atoms with Crippen LogP contribution in [-0.4, -0.2) is 16.0 Å². The number of hydrogen-bond acceptors (Lipinski definition) is 3. The van der Waals surface area contributed by atoms with Gasteiger partial charge in [-0.05, 0) is 30.5 Å². The van der Waals surface area contributed by atoms with E-state index in [0.717, 1.165) is 16.7 Å². The fraction of sp³-hybridized carbons (Fsp3) is 0.294. The Kier molecular flexibility index (Phi) is 4.51. The van der Waals surface area contributed by atoms with Crippen LogP contribution in [0.5, 0.6) is 0 Å². The second kappa shape index (κ2) is 6.33. The summed E-state index contributed by atoms with van der Waals surface area (Å²) in [4.78, 5) is 8.84. The Balaban J connectivity index is 2.32. The lowest BCUT2D eigenvalue weighted by atomic mass is 9.96. The molecule has 0 aliphatic carbocycles. The lowest BCUT2D eigenvalue weighted by molar-refractivity contribution is 0.695. The molecular weight excluding hydrogens is 246 g/mol. The lowest BCUT2D eigenvalue weighted by Crippen LogP contribution is -2.22. The van der Waals surface area contributed by atoms with Crippen molar-refractivity contribution in [3.63, 3.8) is 0 Å². The molecule has 0 bridgehead atoms. The lowest BCUT2D eigenvalue weighted by Gasteiger charge is -2.21. The van der Waals surface area contributed by atoms with Crippen LogP contribution in [-0.2, 0) is 0 Å². The number of allylic oxidation sites excluding steroid dienone is 2. The van der Waals surface area contributed by atoms with Gasteiger partial charge in [0.1, 0.15) is 5.52 Å². The van der Waals surface area contributed by atoms with E-state index in [-0.39, 0.29) is 6.04 Å². The average molecular weight is 267 g/mol. The van der Waals surface area contributed by atoms with Crippen LogP contribution in [0.4, 0.5) is 5.82 Å². The number of fused-ring (bicyclic) bond motifs is 1. The summed E-state index contributed by atoms with van der Waals surface area (Å²) < 4.78 is 0. The van der Waals surface area contributed by atoms with Crippen molar-refractivity contribution in [1.82, 2.24) is 9.97 Å². The number of aromatic nitrogens is 2. The zero-order chi connectivity index (χ0) is 14.5. The maximum absolute atomic E-state index is 4.42. The van der Waals surface area contributed by atoms with Gasteiger partial charge in [-0.1, -0.05) is 38.6 Å². The maximum atomic E-state index is 4.42. The molecule has 3 heteroatoms. The molecule has 0 aliphatic rings. The van der Waals surface area contributed by atoms with Crippen LogP contribution in [0, 0.1) is 5.92 Å². The predicted molar refractivity (Wildman–Crippen MR) is 85.7 cm³/mol. The van der Waals surface area contributed by atoms with Gasteiger partial charge in [0.2, 0.25) is 0 Å². The molecule has 0 aromatic carbocycles. The minimum absolute atomic E-state index is 0.188. The van der Waals surface area contributed by atoms with E-state index in [1.807, 2.05) is 30.5 Å². The van der Waals surface area contributed by atoms with E-state index in [0.29, 0.717) is 5.92 Å². The fourth-order valence-corrected chi connectivity index (χ4v) is 2.37. The Morgan fingerprint density at radius 3 is 2.70 bits per heavy atom. The van der Waals surface area contributed by atoms with Crippen molar-refractivity contribution in [2.45, 2.75) is 26.8 Å². The van der Waals surface area contributed by atoms with Crippen LogP contribution < -0.4 is 5.32 Å². The molecule has 104 valence electrons. The van der Waals surface area contributed by atoms with Gasteiger partial charge in [-0.3, -0.25) is 4.98 Å². The summed E-state index contributed by atoms with van der Waals surface area (Å²) >= 11 is 0. The summed E-state index contributed by atoms with van der Waals surface area (Å²) in [6.45, 7) is 10.3. The SMILES string of the molecule is C=C/C=C(\C(C)C)[C@H](C)Nc1nccc2cccnc12. The van der Waals surface area contributed by atoms with Crippen LogP contribution >= 0.6 is 0 Å². The molecule has 0 saturated heterocycles. The smallest absolute Gasteiger partial charge is 0.152 e. The number of hydrogen-bond donors (Lipinski definition) is 1. The number of nitrogens with one attached hydrogen (secondary N) is 1. The Hall–Kier alpha value is -2.16. The molecule has 0 spiro atoms. The second-order valence-electron chi connectivity index (χ2n) is 5.16. The average Bonchev–Trinajstić information content (AvgIpc) is 2.44.